The Morgan fingerprint density at radius 2 is 1.64 bits per heavy atom. The van der Waals surface area contributed by atoms with Gasteiger partial charge in [-0.2, -0.15) is 0 Å². The highest BCUT2D eigenvalue weighted by Crippen LogP contribution is 2.21. The topological polar surface area (TPSA) is 23.6 Å². The van der Waals surface area contributed by atoms with Gasteiger partial charge in [0, 0.05) is 54.8 Å². The first-order valence-electron chi connectivity index (χ1n) is 8.63. The highest BCUT2D eigenvalue weighted by Gasteiger charge is 2.20. The van der Waals surface area contributed by atoms with Gasteiger partial charge in [-0.1, -0.05) is 41.9 Å². The summed E-state index contributed by atoms with van der Waals surface area (Å²) in [5, 5.41) is 0.744. The fraction of sp³-hybridized carbons (Fsp3) is 0.350. The number of halogens is 1. The molecule has 0 atom stereocenters. The van der Waals surface area contributed by atoms with E-state index in [2.05, 4.69) is 29.2 Å². The zero-order chi connectivity index (χ0) is 17.5. The van der Waals surface area contributed by atoms with E-state index in [1.54, 1.807) is 11.8 Å². The molecule has 0 radical (unpaired) electrons. The zero-order valence-electron chi connectivity index (χ0n) is 14.2. The minimum Gasteiger partial charge on any atom is -0.340 e. The van der Waals surface area contributed by atoms with Crippen molar-refractivity contribution in [2.75, 3.05) is 31.9 Å². The predicted octanol–water partition coefficient (Wildman–Crippen LogP) is 4.17. The van der Waals surface area contributed by atoms with Crippen molar-refractivity contribution in [2.24, 2.45) is 0 Å². The maximum Gasteiger partial charge on any atom is 0.223 e. The van der Waals surface area contributed by atoms with Crippen LogP contribution in [0.3, 0.4) is 0 Å². The Balaban J connectivity index is 1.37. The fourth-order valence-electron chi connectivity index (χ4n) is 2.94. The van der Waals surface area contributed by atoms with E-state index in [0.717, 1.165) is 48.4 Å². The van der Waals surface area contributed by atoms with Crippen molar-refractivity contribution in [2.45, 2.75) is 17.9 Å². The highest BCUT2D eigenvalue weighted by molar-refractivity contribution is 7.99. The molecule has 0 bridgehead atoms. The van der Waals surface area contributed by atoms with Gasteiger partial charge in [-0.15, -0.1) is 11.8 Å². The monoisotopic (exact) mass is 374 g/mol. The molecule has 0 unspecified atom stereocenters. The summed E-state index contributed by atoms with van der Waals surface area (Å²) in [6, 6.07) is 18.3. The van der Waals surface area contributed by atoms with E-state index in [9.17, 15) is 4.79 Å². The highest BCUT2D eigenvalue weighted by atomic mass is 35.5. The van der Waals surface area contributed by atoms with E-state index in [-0.39, 0.29) is 5.91 Å². The molecule has 1 saturated heterocycles. The van der Waals surface area contributed by atoms with Crippen LogP contribution in [-0.2, 0) is 11.3 Å². The maximum absolute atomic E-state index is 12.4. The number of nitrogens with zero attached hydrogens (tertiary/aromatic N) is 2. The third-order valence-electron chi connectivity index (χ3n) is 4.37. The maximum atomic E-state index is 12.4. The molecule has 0 N–H and O–H groups in total. The van der Waals surface area contributed by atoms with Crippen LogP contribution < -0.4 is 0 Å². The molecule has 1 amide bonds. The second-order valence-corrected chi connectivity index (χ2v) is 7.80. The molecule has 0 saturated carbocycles. The van der Waals surface area contributed by atoms with E-state index in [1.807, 2.05) is 35.2 Å². The number of carbonyl (C=O) groups is 1. The van der Waals surface area contributed by atoms with Gasteiger partial charge in [0.2, 0.25) is 5.91 Å². The molecule has 2 aromatic rings. The Bertz CT molecular complexity index is 670. The summed E-state index contributed by atoms with van der Waals surface area (Å²) in [5.74, 6) is 1.07. The number of thioether (sulfide) groups is 1. The molecule has 25 heavy (non-hydrogen) atoms. The lowest BCUT2D eigenvalue weighted by Gasteiger charge is -2.34. The summed E-state index contributed by atoms with van der Waals surface area (Å²) in [6.07, 6.45) is 0.589. The summed E-state index contributed by atoms with van der Waals surface area (Å²) in [4.78, 5) is 18.0. The molecule has 0 spiro atoms. The van der Waals surface area contributed by atoms with Crippen LogP contribution in [0.15, 0.2) is 59.5 Å². The Morgan fingerprint density at radius 3 is 2.32 bits per heavy atom. The van der Waals surface area contributed by atoms with Crippen molar-refractivity contribution >= 4 is 29.3 Å². The number of carbonyl (C=O) groups excluding carboxylic acids is 1. The van der Waals surface area contributed by atoms with Gasteiger partial charge in [-0.05, 0) is 29.8 Å². The largest absolute Gasteiger partial charge is 0.340 e. The normalized spacial score (nSPS) is 15.3. The number of amides is 1. The quantitative estimate of drug-likeness (QED) is 0.709. The molecule has 0 aromatic heterocycles. The number of benzene rings is 2. The van der Waals surface area contributed by atoms with Gasteiger partial charge in [0.25, 0.3) is 0 Å². The predicted molar refractivity (Wildman–Crippen MR) is 105 cm³/mol. The molecule has 1 aliphatic rings. The van der Waals surface area contributed by atoms with Gasteiger partial charge in [0.1, 0.15) is 0 Å². The molecular weight excluding hydrogens is 352 g/mol. The SMILES string of the molecule is O=C(CCSc1ccc(Cl)cc1)N1CCN(Cc2ccccc2)CC1. The Morgan fingerprint density at radius 1 is 0.960 bits per heavy atom. The second-order valence-electron chi connectivity index (χ2n) is 6.19. The van der Waals surface area contributed by atoms with Crippen molar-refractivity contribution in [3.05, 3.63) is 65.2 Å². The molecule has 132 valence electrons. The number of piperazine rings is 1. The summed E-state index contributed by atoms with van der Waals surface area (Å²) in [5.41, 5.74) is 1.33. The summed E-state index contributed by atoms with van der Waals surface area (Å²) in [6.45, 7) is 4.53. The zero-order valence-corrected chi connectivity index (χ0v) is 15.8. The van der Waals surface area contributed by atoms with E-state index in [4.69, 9.17) is 11.6 Å². The van der Waals surface area contributed by atoms with E-state index < -0.39 is 0 Å². The molecule has 1 fully saturated rings. The average Bonchev–Trinajstić information content (AvgIpc) is 2.65. The van der Waals surface area contributed by atoms with Crippen molar-refractivity contribution < 1.29 is 4.79 Å². The van der Waals surface area contributed by atoms with Gasteiger partial charge in [0.05, 0.1) is 0 Å². The van der Waals surface area contributed by atoms with Gasteiger partial charge in [-0.3, -0.25) is 9.69 Å². The number of hydrogen-bond acceptors (Lipinski definition) is 3. The Hall–Kier alpha value is -1.49. The van der Waals surface area contributed by atoms with Gasteiger partial charge in [-0.25, -0.2) is 0 Å². The second kappa shape index (κ2) is 9.27. The molecule has 1 heterocycles. The van der Waals surface area contributed by atoms with E-state index >= 15 is 0 Å². The van der Waals surface area contributed by atoms with Crippen molar-refractivity contribution in [3.8, 4) is 0 Å². The van der Waals surface area contributed by atoms with Gasteiger partial charge in [0.15, 0.2) is 0 Å². The fourth-order valence-corrected chi connectivity index (χ4v) is 3.91. The average molecular weight is 375 g/mol. The summed E-state index contributed by atoms with van der Waals surface area (Å²) < 4.78 is 0. The number of hydrogen-bond donors (Lipinski definition) is 0. The lowest BCUT2D eigenvalue weighted by molar-refractivity contribution is -0.132. The molecule has 2 aromatic carbocycles. The molecule has 3 nitrogen and oxygen atoms in total. The first-order valence-corrected chi connectivity index (χ1v) is 9.99. The third-order valence-corrected chi connectivity index (χ3v) is 5.64. The molecular formula is C20H23ClN2OS. The van der Waals surface area contributed by atoms with E-state index in [0.29, 0.717) is 6.42 Å². The first kappa shape index (κ1) is 18.3. The summed E-state index contributed by atoms with van der Waals surface area (Å²) >= 11 is 7.59. The van der Waals surface area contributed by atoms with Crippen molar-refractivity contribution in [1.29, 1.82) is 0 Å². The standard InChI is InChI=1S/C20H23ClN2OS/c21-18-6-8-19(9-7-18)25-15-10-20(24)23-13-11-22(12-14-23)16-17-4-2-1-3-5-17/h1-9H,10-16H2. The molecule has 0 aliphatic carbocycles. The first-order chi connectivity index (χ1) is 12.2. The Kier molecular flexibility index (Phi) is 6.79. The van der Waals surface area contributed by atoms with Crippen LogP contribution in [0.2, 0.25) is 5.02 Å². The van der Waals surface area contributed by atoms with Crippen molar-refractivity contribution in [3.63, 3.8) is 0 Å². The van der Waals surface area contributed by atoms with E-state index in [1.165, 1.54) is 5.56 Å². The Labute approximate surface area is 159 Å². The number of rotatable bonds is 6. The van der Waals surface area contributed by atoms with Crippen LogP contribution in [0.1, 0.15) is 12.0 Å². The smallest absolute Gasteiger partial charge is 0.223 e. The van der Waals surface area contributed by atoms with Crippen LogP contribution in [-0.4, -0.2) is 47.6 Å². The van der Waals surface area contributed by atoms with Crippen LogP contribution in [0, 0.1) is 0 Å². The molecule has 3 rings (SSSR count). The van der Waals surface area contributed by atoms with Crippen LogP contribution >= 0.6 is 23.4 Å². The van der Waals surface area contributed by atoms with Gasteiger partial charge >= 0.3 is 0 Å². The summed E-state index contributed by atoms with van der Waals surface area (Å²) in [7, 11) is 0. The minimum atomic E-state index is 0.265. The van der Waals surface area contributed by atoms with Crippen LogP contribution in [0.25, 0.3) is 0 Å². The molecule has 5 heteroatoms. The lowest BCUT2D eigenvalue weighted by Crippen LogP contribution is -2.48. The lowest BCUT2D eigenvalue weighted by atomic mass is 10.2. The third kappa shape index (κ3) is 5.77. The molecule has 1 aliphatic heterocycles. The van der Waals surface area contributed by atoms with Crippen LogP contribution in [0.5, 0.6) is 0 Å². The van der Waals surface area contributed by atoms with Crippen molar-refractivity contribution in [1.82, 2.24) is 9.80 Å². The minimum absolute atomic E-state index is 0.265. The van der Waals surface area contributed by atoms with Crippen LogP contribution in [0.4, 0.5) is 0 Å². The van der Waals surface area contributed by atoms with Gasteiger partial charge < -0.3 is 4.90 Å².